The highest BCUT2D eigenvalue weighted by Gasteiger charge is 2.41. The molecule has 2 aliphatic rings. The largest absolute Gasteiger partial charge is 0.868 e. The van der Waals surface area contributed by atoms with Gasteiger partial charge in [-0.05, 0) is 45.6 Å². The topological polar surface area (TPSA) is 138 Å². The number of nitro groups is 2. The van der Waals surface area contributed by atoms with Crippen LogP contribution in [0.15, 0.2) is 54.1 Å². The fraction of sp³-hybridized carbons (Fsp3) is 0.240. The Morgan fingerprint density at radius 2 is 1.74 bits per heavy atom. The van der Waals surface area contributed by atoms with E-state index in [1.54, 1.807) is 0 Å². The van der Waals surface area contributed by atoms with Crippen LogP contribution in [-0.4, -0.2) is 15.6 Å². The highest BCUT2D eigenvalue weighted by Crippen LogP contribution is 2.53. The summed E-state index contributed by atoms with van der Waals surface area (Å²) < 4.78 is 0. The van der Waals surface area contributed by atoms with E-state index in [-0.39, 0.29) is 23.2 Å². The lowest BCUT2D eigenvalue weighted by Gasteiger charge is -2.40. The summed E-state index contributed by atoms with van der Waals surface area (Å²) >= 11 is 0. The fourth-order valence-electron chi connectivity index (χ4n) is 5.15. The van der Waals surface area contributed by atoms with Gasteiger partial charge in [0, 0.05) is 29.3 Å². The second-order valence-electron chi connectivity index (χ2n) is 9.52. The number of fused-ring (bicyclic) bond motifs is 4. The molecule has 0 unspecified atom stereocenters. The highest BCUT2D eigenvalue weighted by molar-refractivity contribution is 6.13. The maximum Gasteiger partial charge on any atom is 0.276 e. The van der Waals surface area contributed by atoms with Crippen molar-refractivity contribution in [3.05, 3.63) is 85.5 Å². The van der Waals surface area contributed by atoms with E-state index in [2.05, 4.69) is 5.32 Å². The van der Waals surface area contributed by atoms with Gasteiger partial charge in [0.05, 0.1) is 22.0 Å². The average molecular weight is 458 g/mol. The highest BCUT2D eigenvalue weighted by atomic mass is 16.6. The maximum absolute atomic E-state index is 13.5. The van der Waals surface area contributed by atoms with Gasteiger partial charge in [-0.2, -0.15) is 0 Å². The number of anilines is 1. The minimum Gasteiger partial charge on any atom is -0.868 e. The van der Waals surface area contributed by atoms with Crippen molar-refractivity contribution in [3.8, 4) is 5.75 Å². The lowest BCUT2D eigenvalue weighted by Crippen LogP contribution is -2.33. The van der Waals surface area contributed by atoms with Gasteiger partial charge >= 0.3 is 0 Å². The number of hydrogen-bond acceptors (Lipinski definition) is 7. The number of nitrogens with zero attached hydrogens (tertiary/aromatic N) is 2. The van der Waals surface area contributed by atoms with E-state index in [0.717, 1.165) is 28.0 Å². The quantitative estimate of drug-likeness (QED) is 0.428. The molecule has 34 heavy (non-hydrogen) atoms. The summed E-state index contributed by atoms with van der Waals surface area (Å²) in [5.41, 5.74) is 0.667. The number of carbonyl (C=O) groups is 1. The Hall–Kier alpha value is -4.27. The van der Waals surface area contributed by atoms with E-state index < -0.39 is 33.0 Å². The second-order valence-corrected chi connectivity index (χ2v) is 9.52. The van der Waals surface area contributed by atoms with Gasteiger partial charge in [-0.3, -0.25) is 25.0 Å². The van der Waals surface area contributed by atoms with E-state index in [1.807, 2.05) is 50.2 Å². The minimum absolute atomic E-state index is 0.180. The average Bonchev–Trinajstić information content (AvgIpc) is 2.77. The zero-order valence-corrected chi connectivity index (χ0v) is 18.5. The number of carbonyl (C=O) groups excluding carboxylic acids is 1. The molecule has 0 fully saturated rings. The molecule has 0 saturated carbocycles. The second kappa shape index (κ2) is 7.38. The van der Waals surface area contributed by atoms with Crippen molar-refractivity contribution in [2.75, 3.05) is 5.32 Å². The van der Waals surface area contributed by atoms with Crippen molar-refractivity contribution in [2.24, 2.45) is 5.41 Å². The van der Waals surface area contributed by atoms with Gasteiger partial charge in [0.15, 0.2) is 5.78 Å². The Morgan fingerprint density at radius 3 is 2.44 bits per heavy atom. The SMILES string of the molecule is CC1(C)CC(=O)C2=C(C1)c1c(ccc3ccccc13)N[C@@H]2c1cc([N+](=O)[O-])cc([N+](=O)[O-])c1[O-]. The van der Waals surface area contributed by atoms with Crippen molar-refractivity contribution in [1.82, 2.24) is 0 Å². The summed E-state index contributed by atoms with van der Waals surface area (Å²) in [5.74, 6) is -1.13. The van der Waals surface area contributed by atoms with Gasteiger partial charge in [-0.15, -0.1) is 0 Å². The Bertz CT molecular complexity index is 1460. The molecule has 1 atom stereocenters. The molecule has 0 bridgehead atoms. The third kappa shape index (κ3) is 3.28. The summed E-state index contributed by atoms with van der Waals surface area (Å²) in [4.78, 5) is 34.7. The van der Waals surface area contributed by atoms with Crippen LogP contribution in [0.1, 0.15) is 43.9 Å². The number of ketones is 1. The smallest absolute Gasteiger partial charge is 0.276 e. The van der Waals surface area contributed by atoms with Crippen molar-refractivity contribution >= 4 is 39.2 Å². The molecule has 9 heteroatoms. The van der Waals surface area contributed by atoms with E-state index in [9.17, 15) is 30.1 Å². The van der Waals surface area contributed by atoms with E-state index in [0.29, 0.717) is 23.7 Å². The standard InChI is InChI=1S/C25H21N3O6/c1-25(2)11-17-21-15-6-4-3-5-13(15)7-8-18(21)26-23(22(17)20(29)12-25)16-9-14(27(31)32)10-19(24(16)30)28(33)34/h3-10,23,26,30H,11-12H2,1-2H3/p-1/t23-/m1/s1. The van der Waals surface area contributed by atoms with Gasteiger partial charge < -0.3 is 10.4 Å². The summed E-state index contributed by atoms with van der Waals surface area (Å²) in [6.07, 6.45) is 0.786. The van der Waals surface area contributed by atoms with Gasteiger partial charge in [-0.25, -0.2) is 0 Å². The number of allylic oxidation sites excluding steroid dienone is 1. The summed E-state index contributed by atoms with van der Waals surface area (Å²) in [6.45, 7) is 3.99. The zero-order chi connectivity index (χ0) is 24.4. The van der Waals surface area contributed by atoms with Crippen molar-refractivity contribution in [2.45, 2.75) is 32.7 Å². The third-order valence-electron chi connectivity index (χ3n) is 6.54. The molecule has 3 aromatic rings. The van der Waals surface area contributed by atoms with Crippen molar-refractivity contribution in [1.29, 1.82) is 0 Å². The van der Waals surface area contributed by atoms with Crippen LogP contribution in [0.4, 0.5) is 17.1 Å². The number of benzene rings is 3. The number of Topliss-reactive ketones (excluding diaryl/α,β-unsaturated/α-hetero) is 1. The zero-order valence-electron chi connectivity index (χ0n) is 18.5. The molecule has 0 spiro atoms. The molecule has 1 aliphatic carbocycles. The van der Waals surface area contributed by atoms with Crippen LogP contribution >= 0.6 is 0 Å². The van der Waals surface area contributed by atoms with Crippen LogP contribution in [-0.2, 0) is 4.79 Å². The monoisotopic (exact) mass is 458 g/mol. The van der Waals surface area contributed by atoms with E-state index >= 15 is 0 Å². The number of hydrogen-bond donors (Lipinski definition) is 1. The predicted octanol–water partition coefficient (Wildman–Crippen LogP) is 5.04. The van der Waals surface area contributed by atoms with Gasteiger partial charge in [0.25, 0.3) is 11.4 Å². The van der Waals surface area contributed by atoms with Crippen LogP contribution in [0.5, 0.6) is 5.75 Å². The maximum atomic E-state index is 13.5. The molecule has 172 valence electrons. The minimum atomic E-state index is -1.03. The Morgan fingerprint density at radius 1 is 1.00 bits per heavy atom. The number of nitrogens with one attached hydrogen (secondary N) is 1. The lowest BCUT2D eigenvalue weighted by atomic mass is 9.67. The molecular weight excluding hydrogens is 438 g/mol. The molecule has 9 nitrogen and oxygen atoms in total. The van der Waals surface area contributed by atoms with Gasteiger partial charge in [0.1, 0.15) is 0 Å². The molecule has 5 rings (SSSR count). The van der Waals surface area contributed by atoms with Crippen LogP contribution in [0, 0.1) is 25.6 Å². The normalized spacial score (nSPS) is 18.8. The first-order chi connectivity index (χ1) is 16.1. The van der Waals surface area contributed by atoms with Gasteiger partial charge in [0.2, 0.25) is 0 Å². The summed E-state index contributed by atoms with van der Waals surface area (Å²) in [6, 6.07) is 12.2. The van der Waals surface area contributed by atoms with Crippen LogP contribution < -0.4 is 10.4 Å². The van der Waals surface area contributed by atoms with Gasteiger partial charge in [-0.1, -0.05) is 44.2 Å². The van der Waals surface area contributed by atoms with Crippen LogP contribution in [0.25, 0.3) is 16.3 Å². The molecule has 3 aromatic carbocycles. The summed E-state index contributed by atoms with van der Waals surface area (Å²) in [5, 5.41) is 41.2. The molecule has 0 amide bonds. The number of rotatable bonds is 3. The molecule has 0 aromatic heterocycles. The number of nitro benzene ring substituents is 2. The molecule has 0 radical (unpaired) electrons. The Labute approximate surface area is 194 Å². The van der Waals surface area contributed by atoms with E-state index in [1.165, 1.54) is 0 Å². The molecule has 1 heterocycles. The van der Waals surface area contributed by atoms with Crippen molar-refractivity contribution < 1.29 is 19.7 Å². The Balaban J connectivity index is 1.83. The first-order valence-electron chi connectivity index (χ1n) is 10.8. The predicted molar refractivity (Wildman–Crippen MR) is 124 cm³/mol. The molecule has 1 N–H and O–H groups in total. The Kier molecular flexibility index (Phi) is 4.68. The molecular formula is C25H20N3O6-. The van der Waals surface area contributed by atoms with E-state index in [4.69, 9.17) is 0 Å². The van der Waals surface area contributed by atoms with Crippen molar-refractivity contribution in [3.63, 3.8) is 0 Å². The summed E-state index contributed by atoms with van der Waals surface area (Å²) in [7, 11) is 0. The number of non-ortho nitro benzene ring substituents is 1. The van der Waals surface area contributed by atoms with Crippen LogP contribution in [0.2, 0.25) is 0 Å². The van der Waals surface area contributed by atoms with Crippen LogP contribution in [0.3, 0.4) is 0 Å². The third-order valence-corrected chi connectivity index (χ3v) is 6.54. The molecule has 1 aliphatic heterocycles. The molecule has 0 saturated heterocycles. The fourth-order valence-corrected chi connectivity index (χ4v) is 5.15. The first-order valence-corrected chi connectivity index (χ1v) is 10.8. The lowest BCUT2D eigenvalue weighted by molar-refractivity contribution is -0.403. The first kappa shape index (κ1) is 21.6.